The molecule has 1 aromatic heterocycles. The molecule has 0 unspecified atom stereocenters. The average Bonchev–Trinajstić information content (AvgIpc) is 2.68. The van der Waals surface area contributed by atoms with Gasteiger partial charge in [-0.1, -0.05) is 30.3 Å². The Hall–Kier alpha value is -3.35. The molecule has 27 heavy (non-hydrogen) atoms. The first-order valence-corrected chi connectivity index (χ1v) is 8.49. The number of nitrogens with zero attached hydrogens (tertiary/aromatic N) is 2. The Morgan fingerprint density at radius 2 is 1.85 bits per heavy atom. The molecule has 0 radical (unpaired) electrons. The molecule has 7 heteroatoms. The summed E-state index contributed by atoms with van der Waals surface area (Å²) in [4.78, 5) is 20.2. The molecule has 0 saturated heterocycles. The number of amides is 1. The highest BCUT2D eigenvalue weighted by Gasteiger charge is 2.10. The van der Waals surface area contributed by atoms with Crippen LogP contribution in [0.5, 0.6) is 0 Å². The van der Waals surface area contributed by atoms with Crippen molar-refractivity contribution >= 4 is 17.5 Å². The predicted octanol–water partition coefficient (Wildman–Crippen LogP) is 3.86. The van der Waals surface area contributed by atoms with E-state index in [1.165, 1.54) is 23.9 Å². The third-order valence-corrected chi connectivity index (χ3v) is 3.84. The molecule has 1 amide bonds. The van der Waals surface area contributed by atoms with Crippen LogP contribution in [0.2, 0.25) is 0 Å². The summed E-state index contributed by atoms with van der Waals surface area (Å²) in [6.45, 7) is 0.507. The van der Waals surface area contributed by atoms with Gasteiger partial charge in [-0.3, -0.25) is 4.79 Å². The molecule has 138 valence electrons. The van der Waals surface area contributed by atoms with Crippen LogP contribution in [0.15, 0.2) is 60.8 Å². The third kappa shape index (κ3) is 5.31. The van der Waals surface area contributed by atoms with Crippen molar-refractivity contribution in [2.45, 2.75) is 12.8 Å². The van der Waals surface area contributed by atoms with Gasteiger partial charge in [0.05, 0.1) is 5.69 Å². The van der Waals surface area contributed by atoms with Gasteiger partial charge < -0.3 is 10.6 Å². The number of halogens is 2. The minimum absolute atomic E-state index is 0.0248. The van der Waals surface area contributed by atoms with Crippen molar-refractivity contribution < 1.29 is 13.6 Å². The quantitative estimate of drug-likeness (QED) is 0.622. The van der Waals surface area contributed by atoms with E-state index in [1.807, 2.05) is 30.3 Å². The first kappa shape index (κ1) is 18.4. The van der Waals surface area contributed by atoms with Crippen LogP contribution in [0.1, 0.15) is 22.5 Å². The maximum absolute atomic E-state index is 13.7. The van der Waals surface area contributed by atoms with Crippen LogP contribution >= 0.6 is 0 Å². The summed E-state index contributed by atoms with van der Waals surface area (Å²) in [5.74, 6) is -1.73. The van der Waals surface area contributed by atoms with E-state index in [1.54, 1.807) is 0 Å². The number of nitrogens with one attached hydrogen (secondary N) is 2. The first-order valence-electron chi connectivity index (χ1n) is 8.49. The summed E-state index contributed by atoms with van der Waals surface area (Å²) in [5.41, 5.74) is 1.40. The summed E-state index contributed by atoms with van der Waals surface area (Å²) in [6.07, 6.45) is 3.06. The molecule has 0 aliphatic carbocycles. The fourth-order valence-corrected chi connectivity index (χ4v) is 2.49. The van der Waals surface area contributed by atoms with Crippen LogP contribution in [-0.2, 0) is 6.42 Å². The normalized spacial score (nSPS) is 10.4. The van der Waals surface area contributed by atoms with Gasteiger partial charge in [0.15, 0.2) is 0 Å². The highest BCUT2D eigenvalue weighted by atomic mass is 19.1. The first-order chi connectivity index (χ1) is 13.1. The Kier molecular flexibility index (Phi) is 6.04. The predicted molar refractivity (Wildman–Crippen MR) is 98.8 cm³/mol. The monoisotopic (exact) mass is 368 g/mol. The minimum atomic E-state index is -0.769. The SMILES string of the molecule is O=C(NCCCc1ccccc1)c1ccnc(Nc2ccc(F)cc2F)n1. The Balaban J connectivity index is 1.55. The number of aryl methyl sites for hydroxylation is 1. The summed E-state index contributed by atoms with van der Waals surface area (Å²) >= 11 is 0. The molecule has 0 spiro atoms. The van der Waals surface area contributed by atoms with Gasteiger partial charge in [0.25, 0.3) is 5.91 Å². The van der Waals surface area contributed by atoms with Crippen LogP contribution in [0.4, 0.5) is 20.4 Å². The molecular weight excluding hydrogens is 350 g/mol. The molecular formula is C20H18F2N4O. The number of carbonyl (C=O) groups is 1. The molecule has 5 nitrogen and oxygen atoms in total. The molecule has 0 fully saturated rings. The minimum Gasteiger partial charge on any atom is -0.351 e. The lowest BCUT2D eigenvalue weighted by atomic mass is 10.1. The zero-order valence-electron chi connectivity index (χ0n) is 14.5. The Morgan fingerprint density at radius 3 is 2.63 bits per heavy atom. The van der Waals surface area contributed by atoms with Crippen molar-refractivity contribution in [2.75, 3.05) is 11.9 Å². The third-order valence-electron chi connectivity index (χ3n) is 3.84. The van der Waals surface area contributed by atoms with Gasteiger partial charge >= 0.3 is 0 Å². The van der Waals surface area contributed by atoms with E-state index in [4.69, 9.17) is 0 Å². The fraction of sp³-hybridized carbons (Fsp3) is 0.150. The summed E-state index contributed by atoms with van der Waals surface area (Å²) in [7, 11) is 0. The Bertz CT molecular complexity index is 919. The lowest BCUT2D eigenvalue weighted by molar-refractivity contribution is 0.0948. The second kappa shape index (κ2) is 8.84. The standard InChI is InChI=1S/C20H18F2N4O/c21-15-8-9-17(16(22)13-15)25-20-24-12-10-18(26-20)19(27)23-11-4-7-14-5-2-1-3-6-14/h1-3,5-6,8-10,12-13H,4,7,11H2,(H,23,27)(H,24,25,26). The molecule has 0 aliphatic rings. The summed E-state index contributed by atoms with van der Waals surface area (Å²) in [6, 6.07) is 14.6. The molecule has 0 atom stereocenters. The zero-order chi connectivity index (χ0) is 19.1. The number of carbonyl (C=O) groups excluding carboxylic acids is 1. The van der Waals surface area contributed by atoms with Crippen molar-refractivity contribution in [1.29, 1.82) is 0 Å². The van der Waals surface area contributed by atoms with Crippen LogP contribution < -0.4 is 10.6 Å². The van der Waals surface area contributed by atoms with Crippen LogP contribution in [0.3, 0.4) is 0 Å². The second-order valence-electron chi connectivity index (χ2n) is 5.86. The number of benzene rings is 2. The maximum atomic E-state index is 13.7. The highest BCUT2D eigenvalue weighted by molar-refractivity contribution is 5.92. The molecule has 2 aromatic carbocycles. The molecule has 3 rings (SSSR count). The van der Waals surface area contributed by atoms with Crippen LogP contribution in [0.25, 0.3) is 0 Å². The van der Waals surface area contributed by atoms with Gasteiger partial charge in [-0.25, -0.2) is 18.7 Å². The van der Waals surface area contributed by atoms with Crippen molar-refractivity contribution in [1.82, 2.24) is 15.3 Å². The number of hydrogen-bond acceptors (Lipinski definition) is 4. The number of hydrogen-bond donors (Lipinski definition) is 2. The average molecular weight is 368 g/mol. The molecule has 2 N–H and O–H groups in total. The van der Waals surface area contributed by atoms with Gasteiger partial charge in [0.2, 0.25) is 5.95 Å². The lowest BCUT2D eigenvalue weighted by Gasteiger charge is -2.08. The van der Waals surface area contributed by atoms with E-state index in [9.17, 15) is 13.6 Å². The van der Waals surface area contributed by atoms with Crippen LogP contribution in [-0.4, -0.2) is 22.4 Å². The molecule has 0 aliphatic heterocycles. The second-order valence-corrected chi connectivity index (χ2v) is 5.86. The lowest BCUT2D eigenvalue weighted by Crippen LogP contribution is -2.26. The van der Waals surface area contributed by atoms with Crippen LogP contribution in [0, 0.1) is 11.6 Å². The number of anilines is 2. The topological polar surface area (TPSA) is 66.9 Å². The summed E-state index contributed by atoms with van der Waals surface area (Å²) < 4.78 is 26.7. The van der Waals surface area contributed by atoms with E-state index in [2.05, 4.69) is 20.6 Å². The van der Waals surface area contributed by atoms with E-state index in [0.29, 0.717) is 6.54 Å². The fourth-order valence-electron chi connectivity index (χ4n) is 2.49. The number of rotatable bonds is 7. The van der Waals surface area contributed by atoms with Crippen molar-refractivity contribution in [3.8, 4) is 0 Å². The van der Waals surface area contributed by atoms with E-state index >= 15 is 0 Å². The van der Waals surface area contributed by atoms with Gasteiger partial charge in [-0.2, -0.15) is 0 Å². The summed E-state index contributed by atoms with van der Waals surface area (Å²) in [5, 5.41) is 5.44. The van der Waals surface area contributed by atoms with Gasteiger partial charge in [-0.15, -0.1) is 0 Å². The number of aromatic nitrogens is 2. The Labute approximate surface area is 155 Å². The van der Waals surface area contributed by atoms with E-state index < -0.39 is 11.6 Å². The smallest absolute Gasteiger partial charge is 0.270 e. The van der Waals surface area contributed by atoms with Gasteiger partial charge in [-0.05, 0) is 36.6 Å². The molecule has 0 bridgehead atoms. The van der Waals surface area contributed by atoms with E-state index in [-0.39, 0.29) is 23.2 Å². The van der Waals surface area contributed by atoms with Crippen molar-refractivity contribution in [2.24, 2.45) is 0 Å². The zero-order valence-corrected chi connectivity index (χ0v) is 14.5. The molecule has 3 aromatic rings. The Morgan fingerprint density at radius 1 is 1.04 bits per heavy atom. The largest absolute Gasteiger partial charge is 0.351 e. The van der Waals surface area contributed by atoms with Gasteiger partial charge in [0, 0.05) is 18.8 Å². The van der Waals surface area contributed by atoms with Crippen molar-refractivity contribution in [3.63, 3.8) is 0 Å². The highest BCUT2D eigenvalue weighted by Crippen LogP contribution is 2.18. The molecule has 1 heterocycles. The maximum Gasteiger partial charge on any atom is 0.270 e. The van der Waals surface area contributed by atoms with E-state index in [0.717, 1.165) is 25.0 Å². The van der Waals surface area contributed by atoms with Gasteiger partial charge in [0.1, 0.15) is 17.3 Å². The van der Waals surface area contributed by atoms with Crippen molar-refractivity contribution in [3.05, 3.63) is 83.7 Å². The molecule has 0 saturated carbocycles.